The number of hydrogen-bond acceptors (Lipinski definition) is 4. The molecule has 0 aliphatic carbocycles. The van der Waals surface area contributed by atoms with Crippen LogP contribution in [0.4, 0.5) is 18.9 Å². The van der Waals surface area contributed by atoms with E-state index in [0.29, 0.717) is 5.69 Å². The van der Waals surface area contributed by atoms with Crippen molar-refractivity contribution in [3.05, 3.63) is 68.0 Å². The van der Waals surface area contributed by atoms with Crippen molar-refractivity contribution in [2.24, 2.45) is 0 Å². The van der Waals surface area contributed by atoms with Crippen molar-refractivity contribution in [2.75, 3.05) is 5.32 Å². The van der Waals surface area contributed by atoms with Crippen LogP contribution >= 0.6 is 0 Å². The van der Waals surface area contributed by atoms with Gasteiger partial charge in [-0.25, -0.2) is 9.78 Å². The van der Waals surface area contributed by atoms with E-state index in [9.17, 15) is 27.6 Å². The summed E-state index contributed by atoms with van der Waals surface area (Å²) in [7, 11) is 0. The Bertz CT molecular complexity index is 1240. The Balaban J connectivity index is 2.19. The average molecular weight is 420 g/mol. The van der Waals surface area contributed by atoms with E-state index in [-0.39, 0.29) is 34.7 Å². The van der Waals surface area contributed by atoms with Gasteiger partial charge in [-0.2, -0.15) is 13.2 Å². The molecule has 0 saturated heterocycles. The first-order chi connectivity index (χ1) is 14.0. The highest BCUT2D eigenvalue weighted by Crippen LogP contribution is 2.31. The van der Waals surface area contributed by atoms with Crippen molar-refractivity contribution in [3.63, 3.8) is 0 Å². The van der Waals surface area contributed by atoms with Crippen LogP contribution in [0.15, 0.2) is 39.9 Å². The van der Waals surface area contributed by atoms with Gasteiger partial charge in [-0.15, -0.1) is 0 Å². The predicted octanol–water partition coefficient (Wildman–Crippen LogP) is 3.50. The molecule has 7 nitrogen and oxygen atoms in total. The van der Waals surface area contributed by atoms with Crippen LogP contribution in [-0.2, 0) is 12.7 Å². The van der Waals surface area contributed by atoms with E-state index in [1.165, 1.54) is 22.8 Å². The van der Waals surface area contributed by atoms with Crippen molar-refractivity contribution in [1.29, 1.82) is 0 Å². The number of nitrogens with one attached hydrogen (secondary N) is 2. The lowest BCUT2D eigenvalue weighted by Crippen LogP contribution is -2.32. The van der Waals surface area contributed by atoms with Gasteiger partial charge in [-0.1, -0.05) is 19.9 Å². The smallest absolute Gasteiger partial charge is 0.322 e. The van der Waals surface area contributed by atoms with Crippen LogP contribution in [0.3, 0.4) is 0 Å². The van der Waals surface area contributed by atoms with E-state index in [1.54, 1.807) is 6.92 Å². The summed E-state index contributed by atoms with van der Waals surface area (Å²) < 4.78 is 40.1. The maximum Gasteiger partial charge on any atom is 0.416 e. The Kier molecular flexibility index (Phi) is 5.51. The number of benzene rings is 1. The maximum atomic E-state index is 13.0. The van der Waals surface area contributed by atoms with Gasteiger partial charge < -0.3 is 5.32 Å². The second-order valence-electron chi connectivity index (χ2n) is 6.98. The molecule has 0 aliphatic heterocycles. The number of anilines is 1. The molecular formula is C20H19F3N4O3. The minimum Gasteiger partial charge on any atom is -0.322 e. The molecule has 1 aromatic carbocycles. The standard InChI is InChI=1S/C20H19F3N4O3/c1-4-27-16-15(18(29)26-19(27)30)13(9-14(25-16)10(2)3)17(28)24-12-7-5-6-11(8-12)20(21,22)23/h5-10H,4H2,1-3H3,(H,24,28)(H,26,29,30). The fourth-order valence-corrected chi connectivity index (χ4v) is 3.03. The van der Waals surface area contributed by atoms with Crippen LogP contribution < -0.4 is 16.6 Å². The highest BCUT2D eigenvalue weighted by molar-refractivity contribution is 6.11. The lowest BCUT2D eigenvalue weighted by molar-refractivity contribution is -0.137. The monoisotopic (exact) mass is 420 g/mol. The molecule has 2 heterocycles. The number of alkyl halides is 3. The van der Waals surface area contributed by atoms with Gasteiger partial charge in [0, 0.05) is 17.9 Å². The van der Waals surface area contributed by atoms with E-state index in [1.807, 2.05) is 13.8 Å². The molecule has 0 saturated carbocycles. The number of aromatic amines is 1. The van der Waals surface area contributed by atoms with Crippen LogP contribution in [0.2, 0.25) is 0 Å². The molecule has 0 spiro atoms. The number of aryl methyl sites for hydroxylation is 1. The zero-order chi connectivity index (χ0) is 22.2. The number of aromatic nitrogens is 3. The molecule has 0 atom stereocenters. The SMILES string of the molecule is CCn1c(=O)[nH]c(=O)c2c(C(=O)Nc3cccc(C(F)(F)F)c3)cc(C(C)C)nc21. The van der Waals surface area contributed by atoms with Crippen LogP contribution in [0.25, 0.3) is 11.0 Å². The number of pyridine rings is 1. The topological polar surface area (TPSA) is 96.9 Å². The third-order valence-corrected chi connectivity index (χ3v) is 4.57. The van der Waals surface area contributed by atoms with Crippen LogP contribution in [0.5, 0.6) is 0 Å². The van der Waals surface area contributed by atoms with Crippen molar-refractivity contribution >= 4 is 22.6 Å². The number of nitrogens with zero attached hydrogens (tertiary/aromatic N) is 2. The summed E-state index contributed by atoms with van der Waals surface area (Å²) in [6.07, 6.45) is -4.57. The number of amides is 1. The zero-order valence-electron chi connectivity index (χ0n) is 16.4. The highest BCUT2D eigenvalue weighted by atomic mass is 19.4. The van der Waals surface area contributed by atoms with Gasteiger partial charge >= 0.3 is 11.9 Å². The second kappa shape index (κ2) is 7.77. The Hall–Kier alpha value is -3.43. The first kappa shape index (κ1) is 21.3. The molecule has 0 fully saturated rings. The first-order valence-electron chi connectivity index (χ1n) is 9.19. The van der Waals surface area contributed by atoms with Gasteiger partial charge in [0.2, 0.25) is 0 Å². The van der Waals surface area contributed by atoms with E-state index >= 15 is 0 Å². The van der Waals surface area contributed by atoms with Gasteiger partial charge in [0.25, 0.3) is 11.5 Å². The molecule has 10 heteroatoms. The molecule has 0 bridgehead atoms. The number of fused-ring (bicyclic) bond motifs is 1. The van der Waals surface area contributed by atoms with E-state index in [4.69, 9.17) is 0 Å². The molecular weight excluding hydrogens is 401 g/mol. The highest BCUT2D eigenvalue weighted by Gasteiger charge is 2.30. The lowest BCUT2D eigenvalue weighted by atomic mass is 10.0. The average Bonchev–Trinajstić information content (AvgIpc) is 2.66. The molecule has 158 valence electrons. The number of rotatable bonds is 4. The molecule has 3 aromatic rings. The zero-order valence-corrected chi connectivity index (χ0v) is 16.4. The third-order valence-electron chi connectivity index (χ3n) is 4.57. The minimum atomic E-state index is -4.57. The van der Waals surface area contributed by atoms with Gasteiger partial charge in [-0.05, 0) is 37.1 Å². The molecule has 30 heavy (non-hydrogen) atoms. The maximum absolute atomic E-state index is 13.0. The number of carbonyl (C=O) groups excluding carboxylic acids is 1. The molecule has 3 rings (SSSR count). The minimum absolute atomic E-state index is 0.0478. The molecule has 0 radical (unpaired) electrons. The van der Waals surface area contributed by atoms with Crippen molar-refractivity contribution in [2.45, 2.75) is 39.4 Å². The normalized spacial score (nSPS) is 11.8. The van der Waals surface area contributed by atoms with E-state index < -0.39 is 28.9 Å². The van der Waals surface area contributed by atoms with Crippen molar-refractivity contribution in [3.8, 4) is 0 Å². The van der Waals surface area contributed by atoms with E-state index in [2.05, 4.69) is 15.3 Å². The summed E-state index contributed by atoms with van der Waals surface area (Å²) in [5.41, 5.74) is -2.02. The Morgan fingerprint density at radius 3 is 2.53 bits per heavy atom. The fraction of sp³-hybridized carbons (Fsp3) is 0.300. The van der Waals surface area contributed by atoms with Gasteiger partial charge in [0.1, 0.15) is 0 Å². The predicted molar refractivity (Wildman–Crippen MR) is 106 cm³/mol. The Morgan fingerprint density at radius 1 is 1.23 bits per heavy atom. The lowest BCUT2D eigenvalue weighted by Gasteiger charge is -2.14. The second-order valence-corrected chi connectivity index (χ2v) is 6.98. The first-order valence-corrected chi connectivity index (χ1v) is 9.19. The molecule has 2 aromatic heterocycles. The van der Waals surface area contributed by atoms with E-state index in [0.717, 1.165) is 12.1 Å². The largest absolute Gasteiger partial charge is 0.416 e. The van der Waals surface area contributed by atoms with Gasteiger partial charge in [0.05, 0.1) is 16.5 Å². The van der Waals surface area contributed by atoms with Crippen LogP contribution in [0, 0.1) is 0 Å². The summed E-state index contributed by atoms with van der Waals surface area (Å²) in [4.78, 5) is 44.1. The Labute approximate surface area is 168 Å². The molecule has 0 unspecified atom stereocenters. The van der Waals surface area contributed by atoms with Crippen LogP contribution in [0.1, 0.15) is 48.3 Å². The number of hydrogen-bond donors (Lipinski definition) is 2. The van der Waals surface area contributed by atoms with Gasteiger partial charge in [-0.3, -0.25) is 19.1 Å². The van der Waals surface area contributed by atoms with Crippen molar-refractivity contribution in [1.82, 2.24) is 14.5 Å². The summed E-state index contributed by atoms with van der Waals surface area (Å²) in [5.74, 6) is -0.912. The molecule has 2 N–H and O–H groups in total. The number of halogens is 3. The third kappa shape index (κ3) is 3.98. The molecule has 0 aliphatic rings. The quantitative estimate of drug-likeness (QED) is 0.675. The number of carbonyl (C=O) groups is 1. The fourth-order valence-electron chi connectivity index (χ4n) is 3.03. The van der Waals surface area contributed by atoms with Crippen molar-refractivity contribution < 1.29 is 18.0 Å². The summed E-state index contributed by atoms with van der Waals surface area (Å²) in [5, 5.41) is 2.30. The summed E-state index contributed by atoms with van der Waals surface area (Å²) in [6.45, 7) is 5.54. The number of H-pyrrole nitrogens is 1. The van der Waals surface area contributed by atoms with Gasteiger partial charge in [0.15, 0.2) is 5.65 Å². The van der Waals surface area contributed by atoms with Crippen LogP contribution in [-0.4, -0.2) is 20.4 Å². The molecule has 1 amide bonds. The Morgan fingerprint density at radius 2 is 1.93 bits per heavy atom. The summed E-state index contributed by atoms with van der Waals surface area (Å²) in [6, 6.07) is 5.59. The summed E-state index contributed by atoms with van der Waals surface area (Å²) >= 11 is 0.